The Labute approximate surface area is 121 Å². The Balaban J connectivity index is 2.49. The Hall–Kier alpha value is -2.62. The number of nitriles is 1. The van der Waals surface area contributed by atoms with E-state index in [9.17, 15) is 20.0 Å². The Morgan fingerprint density at radius 3 is 2.81 bits per heavy atom. The van der Waals surface area contributed by atoms with E-state index in [0.717, 1.165) is 19.3 Å². The summed E-state index contributed by atoms with van der Waals surface area (Å²) in [7, 11) is 0. The van der Waals surface area contributed by atoms with E-state index in [1.807, 2.05) is 6.07 Å². The molecule has 1 aromatic rings. The minimum Gasteiger partial charge on any atom is -0.480 e. The van der Waals surface area contributed by atoms with Gasteiger partial charge in [-0.25, -0.2) is 4.79 Å². The van der Waals surface area contributed by atoms with Gasteiger partial charge in [0.1, 0.15) is 11.7 Å². The van der Waals surface area contributed by atoms with Crippen LogP contribution in [0.5, 0.6) is 0 Å². The summed E-state index contributed by atoms with van der Waals surface area (Å²) in [5, 5.41) is 29.4. The molecule has 1 N–H and O–H groups in total. The standard InChI is InChI=1S/C14H15N3O4/c15-9-10-5-6-11(13(8-10)17(20)21)16-7-3-1-2-4-12(16)14(18)19/h5-6,8,12H,1-4,7H2,(H,18,19). The zero-order chi connectivity index (χ0) is 15.4. The molecule has 21 heavy (non-hydrogen) atoms. The predicted molar refractivity (Wildman–Crippen MR) is 75.0 cm³/mol. The molecule has 0 bridgehead atoms. The van der Waals surface area contributed by atoms with Gasteiger partial charge in [0.15, 0.2) is 0 Å². The molecule has 1 heterocycles. The van der Waals surface area contributed by atoms with Gasteiger partial charge in [-0.2, -0.15) is 5.26 Å². The van der Waals surface area contributed by atoms with Crippen molar-refractivity contribution in [2.75, 3.05) is 11.4 Å². The van der Waals surface area contributed by atoms with E-state index < -0.39 is 16.9 Å². The molecule has 110 valence electrons. The first-order valence-corrected chi connectivity index (χ1v) is 6.72. The lowest BCUT2D eigenvalue weighted by atomic mass is 10.1. The van der Waals surface area contributed by atoms with E-state index in [0.29, 0.717) is 13.0 Å². The number of anilines is 1. The molecule has 1 atom stereocenters. The number of carboxylic acid groups (broad SMARTS) is 1. The second-order valence-electron chi connectivity index (χ2n) is 4.97. The molecule has 1 aliphatic rings. The zero-order valence-electron chi connectivity index (χ0n) is 11.4. The SMILES string of the molecule is N#Cc1ccc(N2CCCCCC2C(=O)O)c([N+](=O)[O-])c1. The van der Waals surface area contributed by atoms with Crippen LogP contribution in [0.2, 0.25) is 0 Å². The van der Waals surface area contributed by atoms with E-state index >= 15 is 0 Å². The van der Waals surface area contributed by atoms with Gasteiger partial charge >= 0.3 is 5.97 Å². The molecule has 7 heteroatoms. The van der Waals surface area contributed by atoms with Crippen LogP contribution in [0.25, 0.3) is 0 Å². The molecule has 0 saturated carbocycles. The maximum atomic E-state index is 11.4. The number of hydrogen-bond acceptors (Lipinski definition) is 5. The number of benzene rings is 1. The third-order valence-electron chi connectivity index (χ3n) is 3.65. The van der Waals surface area contributed by atoms with Crippen molar-refractivity contribution in [2.24, 2.45) is 0 Å². The number of hydrogen-bond donors (Lipinski definition) is 1. The van der Waals surface area contributed by atoms with Crippen molar-refractivity contribution in [3.8, 4) is 6.07 Å². The van der Waals surface area contributed by atoms with Crippen LogP contribution in [0.3, 0.4) is 0 Å². The molecular weight excluding hydrogens is 274 g/mol. The molecule has 1 aromatic carbocycles. The molecule has 7 nitrogen and oxygen atoms in total. The molecule has 0 spiro atoms. The van der Waals surface area contributed by atoms with E-state index in [1.54, 1.807) is 4.90 Å². The highest BCUT2D eigenvalue weighted by Gasteiger charge is 2.31. The van der Waals surface area contributed by atoms with E-state index in [4.69, 9.17) is 5.26 Å². The highest BCUT2D eigenvalue weighted by molar-refractivity contribution is 5.80. The van der Waals surface area contributed by atoms with E-state index in [1.165, 1.54) is 18.2 Å². The summed E-state index contributed by atoms with van der Waals surface area (Å²) in [4.78, 5) is 23.7. The molecule has 0 aromatic heterocycles. The van der Waals surface area contributed by atoms with Crippen molar-refractivity contribution in [3.63, 3.8) is 0 Å². The topological polar surface area (TPSA) is 107 Å². The van der Waals surface area contributed by atoms with Crippen molar-refractivity contribution in [1.82, 2.24) is 0 Å². The Morgan fingerprint density at radius 1 is 1.43 bits per heavy atom. The zero-order valence-corrected chi connectivity index (χ0v) is 11.4. The third kappa shape index (κ3) is 3.11. The Kier molecular flexibility index (Phi) is 4.38. The van der Waals surface area contributed by atoms with E-state index in [2.05, 4.69) is 0 Å². The summed E-state index contributed by atoms with van der Waals surface area (Å²) in [6.07, 6.45) is 2.95. The van der Waals surface area contributed by atoms with Crippen LogP contribution in [-0.2, 0) is 4.79 Å². The number of nitro benzene ring substituents is 1. The normalized spacial score (nSPS) is 18.6. The van der Waals surface area contributed by atoms with Gasteiger partial charge < -0.3 is 10.0 Å². The maximum Gasteiger partial charge on any atom is 0.326 e. The fourth-order valence-corrected chi connectivity index (χ4v) is 2.64. The summed E-state index contributed by atoms with van der Waals surface area (Å²) in [5.74, 6) is -0.976. The fourth-order valence-electron chi connectivity index (χ4n) is 2.64. The van der Waals surface area contributed by atoms with Crippen molar-refractivity contribution in [3.05, 3.63) is 33.9 Å². The lowest BCUT2D eigenvalue weighted by Gasteiger charge is -2.28. The van der Waals surface area contributed by atoms with Crippen LogP contribution in [0, 0.1) is 21.4 Å². The second kappa shape index (κ2) is 6.22. The molecule has 1 aliphatic heterocycles. The molecular formula is C14H15N3O4. The molecule has 0 radical (unpaired) electrons. The van der Waals surface area contributed by atoms with Gasteiger partial charge in [-0.3, -0.25) is 10.1 Å². The number of carbonyl (C=O) groups is 1. The quantitative estimate of drug-likeness (QED) is 0.675. The number of nitrogens with zero attached hydrogens (tertiary/aromatic N) is 3. The molecule has 1 saturated heterocycles. The summed E-state index contributed by atoms with van der Waals surface area (Å²) >= 11 is 0. The lowest BCUT2D eigenvalue weighted by molar-refractivity contribution is -0.384. The fraction of sp³-hybridized carbons (Fsp3) is 0.429. The summed E-state index contributed by atoms with van der Waals surface area (Å²) in [6.45, 7) is 0.462. The third-order valence-corrected chi connectivity index (χ3v) is 3.65. The van der Waals surface area contributed by atoms with Crippen LogP contribution in [-0.4, -0.2) is 28.6 Å². The van der Waals surface area contributed by atoms with Crippen molar-refractivity contribution >= 4 is 17.3 Å². The van der Waals surface area contributed by atoms with Gasteiger partial charge in [0.2, 0.25) is 0 Å². The summed E-state index contributed by atoms with van der Waals surface area (Å²) < 4.78 is 0. The van der Waals surface area contributed by atoms with Crippen molar-refractivity contribution in [1.29, 1.82) is 5.26 Å². The second-order valence-corrected chi connectivity index (χ2v) is 4.97. The average molecular weight is 289 g/mol. The largest absolute Gasteiger partial charge is 0.480 e. The monoisotopic (exact) mass is 289 g/mol. The number of aliphatic carboxylic acids is 1. The molecule has 0 amide bonds. The Bertz CT molecular complexity index is 609. The lowest BCUT2D eigenvalue weighted by Crippen LogP contribution is -2.41. The molecule has 1 unspecified atom stereocenters. The van der Waals surface area contributed by atoms with Gasteiger partial charge in [0, 0.05) is 12.6 Å². The maximum absolute atomic E-state index is 11.4. The first-order chi connectivity index (χ1) is 10.0. The first-order valence-electron chi connectivity index (χ1n) is 6.72. The number of rotatable bonds is 3. The molecule has 1 fully saturated rings. The summed E-state index contributed by atoms with van der Waals surface area (Å²) in [5.41, 5.74) is 0.239. The van der Waals surface area contributed by atoms with Gasteiger partial charge in [0.05, 0.1) is 16.6 Å². The molecule has 2 rings (SSSR count). The minimum absolute atomic E-state index is 0.187. The minimum atomic E-state index is -0.976. The highest BCUT2D eigenvalue weighted by atomic mass is 16.6. The number of carboxylic acids is 1. The van der Waals surface area contributed by atoms with Crippen LogP contribution >= 0.6 is 0 Å². The van der Waals surface area contributed by atoms with Crippen LogP contribution in [0.4, 0.5) is 11.4 Å². The average Bonchev–Trinajstić information content (AvgIpc) is 2.72. The smallest absolute Gasteiger partial charge is 0.326 e. The van der Waals surface area contributed by atoms with E-state index in [-0.39, 0.29) is 16.9 Å². The van der Waals surface area contributed by atoms with Gasteiger partial charge in [0.25, 0.3) is 5.69 Å². The first kappa shape index (κ1) is 14.8. The predicted octanol–water partition coefficient (Wildman–Crippen LogP) is 2.30. The van der Waals surface area contributed by atoms with Gasteiger partial charge in [-0.15, -0.1) is 0 Å². The summed E-state index contributed by atoms with van der Waals surface area (Å²) in [6, 6.07) is 5.24. The van der Waals surface area contributed by atoms with Gasteiger partial charge in [-0.1, -0.05) is 12.8 Å². The highest BCUT2D eigenvalue weighted by Crippen LogP contribution is 2.33. The van der Waals surface area contributed by atoms with Crippen molar-refractivity contribution in [2.45, 2.75) is 31.7 Å². The molecule has 0 aliphatic carbocycles. The van der Waals surface area contributed by atoms with Gasteiger partial charge in [-0.05, 0) is 25.0 Å². The Morgan fingerprint density at radius 2 is 2.19 bits per heavy atom. The van der Waals surface area contributed by atoms with Crippen LogP contribution in [0.1, 0.15) is 31.2 Å². The van der Waals surface area contributed by atoms with Crippen molar-refractivity contribution < 1.29 is 14.8 Å². The van der Waals surface area contributed by atoms with Crippen LogP contribution in [0.15, 0.2) is 18.2 Å². The number of nitro groups is 1. The van der Waals surface area contributed by atoms with Crippen LogP contribution < -0.4 is 4.90 Å².